The Hall–Kier alpha value is -1.41. The van der Waals surface area contributed by atoms with Crippen LogP contribution in [0, 0.1) is 0 Å². The highest BCUT2D eigenvalue weighted by atomic mass is 32.2. The molecule has 6 nitrogen and oxygen atoms in total. The first kappa shape index (κ1) is 16.4. The molecule has 126 valence electrons. The van der Waals surface area contributed by atoms with Gasteiger partial charge in [-0.1, -0.05) is 6.07 Å². The number of hydrogen-bond acceptors (Lipinski definition) is 5. The number of likely N-dealkylation sites (tertiary alicyclic amines) is 1. The second-order valence-corrected chi connectivity index (χ2v) is 9.66. The monoisotopic (exact) mass is 356 g/mol. The maximum Gasteiger partial charge on any atom is 0.264 e. The van der Waals surface area contributed by atoms with Crippen LogP contribution in [-0.4, -0.2) is 54.8 Å². The minimum Gasteiger partial charge on any atom is -0.348 e. The Balaban J connectivity index is 1.70. The minimum atomic E-state index is -3.08. The number of nitrogens with one attached hydrogen (secondary N) is 1. The van der Waals surface area contributed by atoms with Crippen LogP contribution in [0.4, 0.5) is 0 Å². The molecule has 3 heterocycles. The van der Waals surface area contributed by atoms with Gasteiger partial charge in [-0.3, -0.25) is 9.59 Å². The molecular formula is C15H20N2O4S2. The van der Waals surface area contributed by atoms with Gasteiger partial charge in [-0.25, -0.2) is 8.42 Å². The molecule has 2 atom stereocenters. The summed E-state index contributed by atoms with van der Waals surface area (Å²) in [6, 6.07) is 3.06. The number of sulfone groups is 1. The van der Waals surface area contributed by atoms with Gasteiger partial charge in [0.2, 0.25) is 5.91 Å². The number of amides is 2. The highest BCUT2D eigenvalue weighted by Gasteiger charge is 2.42. The number of rotatable bonds is 3. The zero-order valence-corrected chi connectivity index (χ0v) is 14.6. The Morgan fingerprint density at radius 3 is 2.83 bits per heavy atom. The predicted molar refractivity (Wildman–Crippen MR) is 88.2 cm³/mol. The molecule has 23 heavy (non-hydrogen) atoms. The van der Waals surface area contributed by atoms with E-state index in [4.69, 9.17) is 0 Å². The standard InChI is InChI=1S/C15H20N2O4S2/c1-15(6-9-23(20,21)10-15)16-13(18)11-4-2-7-17(11)14(19)12-5-3-8-22-12/h3,5,8,11H,2,4,6-7,9-10H2,1H3,(H,16,18)/t11-,15-/m0/s1. The van der Waals surface area contributed by atoms with Crippen molar-refractivity contribution in [1.82, 2.24) is 10.2 Å². The molecule has 1 aromatic rings. The maximum atomic E-state index is 12.6. The summed E-state index contributed by atoms with van der Waals surface area (Å²) in [6.07, 6.45) is 1.82. The second-order valence-electron chi connectivity index (χ2n) is 6.53. The first-order valence-electron chi connectivity index (χ1n) is 7.67. The van der Waals surface area contributed by atoms with Crippen molar-refractivity contribution in [2.24, 2.45) is 0 Å². The lowest BCUT2D eigenvalue weighted by Gasteiger charge is -2.29. The zero-order chi connectivity index (χ0) is 16.7. The molecule has 0 aliphatic carbocycles. The molecule has 2 amide bonds. The summed E-state index contributed by atoms with van der Waals surface area (Å²) in [5.41, 5.74) is -0.726. The minimum absolute atomic E-state index is 0.0304. The van der Waals surface area contributed by atoms with E-state index in [2.05, 4.69) is 5.32 Å². The molecule has 8 heteroatoms. The van der Waals surface area contributed by atoms with Gasteiger partial charge in [-0.05, 0) is 37.6 Å². The fourth-order valence-electron chi connectivity index (χ4n) is 3.31. The van der Waals surface area contributed by atoms with Crippen LogP contribution in [-0.2, 0) is 14.6 Å². The van der Waals surface area contributed by atoms with Gasteiger partial charge in [0.15, 0.2) is 9.84 Å². The van der Waals surface area contributed by atoms with Crippen LogP contribution in [0.25, 0.3) is 0 Å². The number of thiophene rings is 1. The van der Waals surface area contributed by atoms with E-state index in [1.165, 1.54) is 11.3 Å². The van der Waals surface area contributed by atoms with E-state index in [0.717, 1.165) is 6.42 Å². The van der Waals surface area contributed by atoms with Gasteiger partial charge in [0.05, 0.1) is 21.9 Å². The molecule has 3 rings (SSSR count). The third kappa shape index (κ3) is 3.42. The van der Waals surface area contributed by atoms with Crippen molar-refractivity contribution in [1.29, 1.82) is 0 Å². The summed E-state index contributed by atoms with van der Waals surface area (Å²) >= 11 is 1.36. The van der Waals surface area contributed by atoms with Crippen LogP contribution in [0.1, 0.15) is 35.9 Å². The Bertz CT molecular complexity index is 714. The quantitative estimate of drug-likeness (QED) is 0.877. The average Bonchev–Trinajstić information content (AvgIpc) is 3.18. The first-order chi connectivity index (χ1) is 10.8. The van der Waals surface area contributed by atoms with Crippen molar-refractivity contribution < 1.29 is 18.0 Å². The van der Waals surface area contributed by atoms with Gasteiger partial charge >= 0.3 is 0 Å². The lowest BCUT2D eigenvalue weighted by molar-refractivity contribution is -0.126. The van der Waals surface area contributed by atoms with E-state index in [-0.39, 0.29) is 23.3 Å². The van der Waals surface area contributed by atoms with Gasteiger partial charge in [0, 0.05) is 6.54 Å². The van der Waals surface area contributed by atoms with Crippen LogP contribution in [0.15, 0.2) is 17.5 Å². The largest absolute Gasteiger partial charge is 0.348 e. The Kier molecular flexibility index (Phi) is 4.22. The smallest absolute Gasteiger partial charge is 0.264 e. The molecule has 1 aromatic heterocycles. The summed E-state index contributed by atoms with van der Waals surface area (Å²) in [4.78, 5) is 27.3. The molecule has 0 saturated carbocycles. The van der Waals surface area contributed by atoms with Gasteiger partial charge in [0.25, 0.3) is 5.91 Å². The van der Waals surface area contributed by atoms with Crippen LogP contribution in [0.2, 0.25) is 0 Å². The third-order valence-corrected chi connectivity index (χ3v) is 7.24. The first-order valence-corrected chi connectivity index (χ1v) is 10.4. The van der Waals surface area contributed by atoms with Gasteiger partial charge < -0.3 is 10.2 Å². The molecule has 0 bridgehead atoms. The lowest BCUT2D eigenvalue weighted by atomic mass is 10.0. The van der Waals surface area contributed by atoms with Crippen molar-refractivity contribution in [3.05, 3.63) is 22.4 Å². The van der Waals surface area contributed by atoms with Crippen LogP contribution in [0.3, 0.4) is 0 Å². The summed E-state index contributed by atoms with van der Waals surface area (Å²) < 4.78 is 23.3. The van der Waals surface area contributed by atoms with Crippen LogP contribution < -0.4 is 5.32 Å². The topological polar surface area (TPSA) is 83.6 Å². The van der Waals surface area contributed by atoms with Crippen molar-refractivity contribution in [2.45, 2.75) is 37.8 Å². The molecule has 0 radical (unpaired) electrons. The summed E-state index contributed by atoms with van der Waals surface area (Å²) in [5.74, 6) is -0.294. The lowest BCUT2D eigenvalue weighted by Crippen LogP contribution is -2.54. The Morgan fingerprint density at radius 2 is 2.22 bits per heavy atom. The fourth-order valence-corrected chi connectivity index (χ4v) is 6.09. The normalized spacial score (nSPS) is 29.6. The van der Waals surface area contributed by atoms with E-state index in [0.29, 0.717) is 24.3 Å². The van der Waals surface area contributed by atoms with Gasteiger partial charge in [0.1, 0.15) is 6.04 Å². The molecule has 2 aliphatic rings. The highest BCUT2D eigenvalue weighted by Crippen LogP contribution is 2.26. The number of carbonyl (C=O) groups is 2. The van der Waals surface area contributed by atoms with Crippen molar-refractivity contribution in [2.75, 3.05) is 18.1 Å². The van der Waals surface area contributed by atoms with E-state index >= 15 is 0 Å². The number of nitrogens with zero attached hydrogens (tertiary/aromatic N) is 1. The molecule has 2 saturated heterocycles. The summed E-state index contributed by atoms with van der Waals surface area (Å²) in [5, 5.41) is 4.71. The summed E-state index contributed by atoms with van der Waals surface area (Å²) in [7, 11) is -3.08. The number of carbonyl (C=O) groups excluding carboxylic acids is 2. The zero-order valence-electron chi connectivity index (χ0n) is 12.9. The highest BCUT2D eigenvalue weighted by molar-refractivity contribution is 7.91. The van der Waals surface area contributed by atoms with E-state index in [9.17, 15) is 18.0 Å². The average molecular weight is 356 g/mol. The SMILES string of the molecule is C[C@]1(NC(=O)[C@@H]2CCCN2C(=O)c2cccs2)CCS(=O)(=O)C1. The van der Waals surface area contributed by atoms with E-state index in [1.807, 2.05) is 11.4 Å². The number of hydrogen-bond donors (Lipinski definition) is 1. The fraction of sp³-hybridized carbons (Fsp3) is 0.600. The maximum absolute atomic E-state index is 12.6. The van der Waals surface area contributed by atoms with E-state index in [1.54, 1.807) is 17.9 Å². The Morgan fingerprint density at radius 1 is 1.43 bits per heavy atom. The predicted octanol–water partition coefficient (Wildman–Crippen LogP) is 1.05. The van der Waals surface area contributed by atoms with Crippen LogP contribution >= 0.6 is 11.3 Å². The van der Waals surface area contributed by atoms with Gasteiger partial charge in [-0.2, -0.15) is 0 Å². The third-order valence-electron chi connectivity index (χ3n) is 4.48. The summed E-state index contributed by atoms with van der Waals surface area (Å²) in [6.45, 7) is 2.32. The van der Waals surface area contributed by atoms with Gasteiger partial charge in [-0.15, -0.1) is 11.3 Å². The molecule has 1 N–H and O–H groups in total. The second kappa shape index (κ2) is 5.90. The van der Waals surface area contributed by atoms with Crippen molar-refractivity contribution in [3.63, 3.8) is 0 Å². The molecule has 0 spiro atoms. The van der Waals surface area contributed by atoms with Crippen LogP contribution in [0.5, 0.6) is 0 Å². The molecule has 0 unspecified atom stereocenters. The van der Waals surface area contributed by atoms with Crippen molar-refractivity contribution in [3.8, 4) is 0 Å². The van der Waals surface area contributed by atoms with Crippen molar-refractivity contribution >= 4 is 33.0 Å². The molecule has 2 aliphatic heterocycles. The molecule has 0 aromatic carbocycles. The molecule has 2 fully saturated rings. The Labute approximate surface area is 139 Å². The van der Waals surface area contributed by atoms with E-state index < -0.39 is 21.4 Å². The molecular weight excluding hydrogens is 336 g/mol.